The van der Waals surface area contributed by atoms with Crippen molar-refractivity contribution >= 4 is 46.6 Å². The van der Waals surface area contributed by atoms with Gasteiger partial charge in [0.25, 0.3) is 5.69 Å². The number of nitro benzene ring substituents is 1. The molecule has 0 saturated heterocycles. The first kappa shape index (κ1) is 16.8. The predicted molar refractivity (Wildman–Crippen MR) is 88.0 cm³/mol. The van der Waals surface area contributed by atoms with Crippen LogP contribution in [0.5, 0.6) is 5.75 Å². The second-order valence-corrected chi connectivity index (χ2v) is 8.69. The number of alkyl halides is 1. The molecule has 1 unspecified atom stereocenters. The van der Waals surface area contributed by atoms with Gasteiger partial charge in [0.2, 0.25) is 6.49 Å². The summed E-state index contributed by atoms with van der Waals surface area (Å²) in [7, 11) is 0. The van der Waals surface area contributed by atoms with Crippen molar-refractivity contribution in [1.29, 1.82) is 0 Å². The number of nitro groups is 1. The smallest absolute Gasteiger partial charge is 0.269 e. The van der Waals surface area contributed by atoms with E-state index in [0.717, 1.165) is 10.8 Å². The van der Waals surface area contributed by atoms with Crippen molar-refractivity contribution in [2.45, 2.75) is 13.3 Å². The third-order valence-electron chi connectivity index (χ3n) is 2.25. The monoisotopic (exact) mass is 415 g/mol. The van der Waals surface area contributed by atoms with Crippen LogP contribution in [-0.4, -0.2) is 22.1 Å². The molecule has 5 nitrogen and oxygen atoms in total. The highest BCUT2D eigenvalue weighted by Gasteiger charge is 2.18. The van der Waals surface area contributed by atoms with Crippen LogP contribution in [0.3, 0.4) is 0 Å². The molecule has 19 heavy (non-hydrogen) atoms. The van der Waals surface area contributed by atoms with Crippen molar-refractivity contribution in [3.63, 3.8) is 0 Å². The second kappa shape index (κ2) is 8.14. The lowest BCUT2D eigenvalue weighted by Gasteiger charge is -2.21. The highest BCUT2D eigenvalue weighted by molar-refractivity contribution is 14.1. The van der Waals surface area contributed by atoms with Gasteiger partial charge in [-0.3, -0.25) is 10.1 Å². The Kier molecular flexibility index (Phi) is 7.20. The molecule has 0 aliphatic rings. The van der Waals surface area contributed by atoms with E-state index in [-0.39, 0.29) is 5.69 Å². The van der Waals surface area contributed by atoms with E-state index >= 15 is 0 Å². The van der Waals surface area contributed by atoms with E-state index in [1.807, 2.05) is 6.92 Å². The molecule has 0 spiro atoms. The average molecular weight is 415 g/mol. The summed E-state index contributed by atoms with van der Waals surface area (Å²) in [6, 6.07) is 5.90. The van der Waals surface area contributed by atoms with Crippen LogP contribution in [0.25, 0.3) is 0 Å². The summed E-state index contributed by atoms with van der Waals surface area (Å²) in [5.74, 6) is 0.519. The van der Waals surface area contributed by atoms with Gasteiger partial charge in [-0.2, -0.15) is 0 Å². The SMILES string of the molecule is CCP(=S)(OCCCI)Oc1ccc([N+](=O)[O-])cc1. The zero-order valence-electron chi connectivity index (χ0n) is 10.5. The Morgan fingerprint density at radius 3 is 2.53 bits per heavy atom. The first-order valence-corrected chi connectivity index (χ1v) is 10.1. The van der Waals surface area contributed by atoms with E-state index in [4.69, 9.17) is 20.9 Å². The van der Waals surface area contributed by atoms with Crippen LogP contribution < -0.4 is 4.52 Å². The third-order valence-corrected chi connectivity index (χ3v) is 6.16. The average Bonchev–Trinajstić information content (AvgIpc) is 2.39. The Labute approximate surface area is 131 Å². The summed E-state index contributed by atoms with van der Waals surface area (Å²) in [5.41, 5.74) is 0.0305. The lowest BCUT2D eigenvalue weighted by atomic mass is 10.3. The number of halogens is 1. The Morgan fingerprint density at radius 1 is 1.42 bits per heavy atom. The Balaban J connectivity index is 2.69. The third kappa shape index (κ3) is 5.72. The van der Waals surface area contributed by atoms with Gasteiger partial charge in [-0.1, -0.05) is 29.5 Å². The highest BCUT2D eigenvalue weighted by Crippen LogP contribution is 2.48. The number of non-ortho nitro benzene ring substituents is 1. The van der Waals surface area contributed by atoms with Gasteiger partial charge in [0, 0.05) is 22.7 Å². The van der Waals surface area contributed by atoms with Crippen LogP contribution in [0.1, 0.15) is 13.3 Å². The van der Waals surface area contributed by atoms with Gasteiger partial charge < -0.3 is 9.05 Å². The molecule has 8 heteroatoms. The topological polar surface area (TPSA) is 61.6 Å². The van der Waals surface area contributed by atoms with Crippen LogP contribution in [-0.2, 0) is 16.3 Å². The van der Waals surface area contributed by atoms with E-state index in [1.54, 1.807) is 12.1 Å². The second-order valence-electron chi connectivity index (χ2n) is 3.65. The maximum atomic E-state index is 10.6. The molecule has 0 radical (unpaired) electrons. The summed E-state index contributed by atoms with van der Waals surface area (Å²) in [6.45, 7) is 0.181. The molecule has 0 N–H and O–H groups in total. The standard InChI is InChI=1S/C11H15INO4PS/c1-2-18(19,16-9-3-8-12)17-11-6-4-10(5-7-11)13(14)15/h4-7H,2-3,8-9H2,1H3. The summed E-state index contributed by atoms with van der Waals surface area (Å²) in [5, 5.41) is 10.6. The first-order valence-electron chi connectivity index (χ1n) is 5.74. The molecule has 0 amide bonds. The first-order chi connectivity index (χ1) is 9.00. The zero-order valence-corrected chi connectivity index (χ0v) is 14.3. The van der Waals surface area contributed by atoms with E-state index in [9.17, 15) is 10.1 Å². The van der Waals surface area contributed by atoms with Gasteiger partial charge in [0.05, 0.1) is 11.5 Å². The van der Waals surface area contributed by atoms with Gasteiger partial charge in [-0.25, -0.2) is 0 Å². The van der Waals surface area contributed by atoms with Gasteiger partial charge in [0.15, 0.2) is 0 Å². The molecule has 0 aliphatic carbocycles. The van der Waals surface area contributed by atoms with Gasteiger partial charge in [-0.05, 0) is 30.4 Å². The minimum Gasteiger partial charge on any atom is -0.443 e. The van der Waals surface area contributed by atoms with Crippen LogP contribution in [0, 0.1) is 10.1 Å². The zero-order chi connectivity index (χ0) is 14.3. The minimum atomic E-state index is -2.33. The minimum absolute atomic E-state index is 0.0305. The quantitative estimate of drug-likeness (QED) is 0.160. The largest absolute Gasteiger partial charge is 0.443 e. The normalized spacial score (nSPS) is 13.8. The van der Waals surface area contributed by atoms with Crippen molar-refractivity contribution in [3.8, 4) is 5.75 Å². The molecule has 1 aromatic carbocycles. The van der Waals surface area contributed by atoms with Crippen molar-refractivity contribution in [1.82, 2.24) is 0 Å². The van der Waals surface area contributed by atoms with E-state index in [1.165, 1.54) is 12.1 Å². The molecule has 1 rings (SSSR count). The van der Waals surface area contributed by atoms with Crippen LogP contribution in [0.15, 0.2) is 24.3 Å². The van der Waals surface area contributed by atoms with E-state index in [2.05, 4.69) is 22.6 Å². The van der Waals surface area contributed by atoms with Crippen LogP contribution in [0.2, 0.25) is 0 Å². The Bertz CT molecular complexity index is 468. The Hall–Kier alpha value is -0.240. The van der Waals surface area contributed by atoms with E-state index in [0.29, 0.717) is 18.5 Å². The lowest BCUT2D eigenvalue weighted by molar-refractivity contribution is -0.384. The van der Waals surface area contributed by atoms with E-state index < -0.39 is 11.4 Å². The molecular formula is C11H15INO4PS. The van der Waals surface area contributed by atoms with Gasteiger partial charge in [0.1, 0.15) is 5.75 Å². The molecule has 0 saturated carbocycles. The fourth-order valence-electron chi connectivity index (χ4n) is 1.23. The summed E-state index contributed by atoms with van der Waals surface area (Å²) in [6.07, 6.45) is 1.56. The molecule has 106 valence electrons. The number of benzene rings is 1. The summed E-state index contributed by atoms with van der Waals surface area (Å²) >= 11 is 7.69. The molecule has 1 aromatic rings. The Morgan fingerprint density at radius 2 is 2.05 bits per heavy atom. The molecule has 0 bridgehead atoms. The molecule has 1 atom stereocenters. The maximum Gasteiger partial charge on any atom is 0.269 e. The van der Waals surface area contributed by atoms with Crippen molar-refractivity contribution in [2.24, 2.45) is 0 Å². The number of hydrogen-bond donors (Lipinski definition) is 0. The number of hydrogen-bond acceptors (Lipinski definition) is 5. The maximum absolute atomic E-state index is 10.6. The van der Waals surface area contributed by atoms with Crippen LogP contribution in [0.4, 0.5) is 5.69 Å². The molecule has 0 heterocycles. The molecule has 0 aliphatic heterocycles. The fraction of sp³-hybridized carbons (Fsp3) is 0.455. The molecular weight excluding hydrogens is 400 g/mol. The number of nitrogens with zero attached hydrogens (tertiary/aromatic N) is 1. The predicted octanol–water partition coefficient (Wildman–Crippen LogP) is 4.14. The van der Waals surface area contributed by atoms with Crippen LogP contribution >= 0.6 is 29.1 Å². The fourth-order valence-corrected chi connectivity index (χ4v) is 3.24. The van der Waals surface area contributed by atoms with Gasteiger partial charge in [-0.15, -0.1) is 0 Å². The summed E-state index contributed by atoms with van der Waals surface area (Å²) in [4.78, 5) is 10.1. The molecule has 0 aromatic heterocycles. The van der Waals surface area contributed by atoms with Crippen molar-refractivity contribution in [3.05, 3.63) is 34.4 Å². The number of rotatable bonds is 8. The van der Waals surface area contributed by atoms with Crippen molar-refractivity contribution < 1.29 is 14.0 Å². The molecule has 0 fully saturated rings. The van der Waals surface area contributed by atoms with Gasteiger partial charge >= 0.3 is 0 Å². The summed E-state index contributed by atoms with van der Waals surface area (Å²) < 4.78 is 12.4. The highest BCUT2D eigenvalue weighted by atomic mass is 127. The van der Waals surface area contributed by atoms with Crippen molar-refractivity contribution in [2.75, 3.05) is 17.2 Å². The lowest BCUT2D eigenvalue weighted by Crippen LogP contribution is -2.02.